The summed E-state index contributed by atoms with van der Waals surface area (Å²) in [5, 5.41) is 20.9. The number of aromatic nitrogens is 2. The van der Waals surface area contributed by atoms with Gasteiger partial charge in [0.1, 0.15) is 22.1 Å². The number of carbonyl (C=O) groups is 3. The van der Waals surface area contributed by atoms with Crippen molar-refractivity contribution in [2.75, 3.05) is 17.2 Å². The first-order chi connectivity index (χ1) is 14.8. The van der Waals surface area contributed by atoms with Crippen molar-refractivity contribution in [3.8, 4) is 0 Å². The number of aliphatic carboxylic acids is 1. The summed E-state index contributed by atoms with van der Waals surface area (Å²) in [5.74, 6) is -1.03. The molecule has 2 aliphatic heterocycles. The fourth-order valence-electron chi connectivity index (χ4n) is 3.37. The van der Waals surface area contributed by atoms with E-state index in [-0.39, 0.29) is 18.0 Å². The third-order valence-electron chi connectivity index (χ3n) is 4.85. The van der Waals surface area contributed by atoms with Crippen molar-refractivity contribution < 1.29 is 19.5 Å². The summed E-state index contributed by atoms with van der Waals surface area (Å²) in [6, 6.07) is 6.29. The highest BCUT2D eigenvalue weighted by Crippen LogP contribution is 2.41. The van der Waals surface area contributed by atoms with Gasteiger partial charge < -0.3 is 16.2 Å². The van der Waals surface area contributed by atoms with Gasteiger partial charge >= 0.3 is 5.97 Å². The van der Waals surface area contributed by atoms with Crippen LogP contribution in [0.1, 0.15) is 10.6 Å². The van der Waals surface area contributed by atoms with E-state index in [4.69, 9.17) is 5.73 Å². The van der Waals surface area contributed by atoms with Gasteiger partial charge in [-0.1, -0.05) is 41.3 Å². The minimum atomic E-state index is -1.15. The Morgan fingerprint density at radius 1 is 1.35 bits per heavy atom. The van der Waals surface area contributed by atoms with Gasteiger partial charge in [0, 0.05) is 17.2 Å². The number of hydrogen-bond acceptors (Lipinski definition) is 9. The monoisotopic (exact) mass is 477 g/mol. The largest absolute Gasteiger partial charge is 0.477 e. The zero-order valence-electron chi connectivity index (χ0n) is 16.4. The quantitative estimate of drug-likeness (QED) is 0.308. The number of nitrogens with zero attached hydrogens (tertiary/aromatic N) is 3. The van der Waals surface area contributed by atoms with Crippen molar-refractivity contribution >= 4 is 58.3 Å². The van der Waals surface area contributed by atoms with Crippen LogP contribution in [0.3, 0.4) is 0 Å². The molecular weight excluding hydrogens is 458 g/mol. The normalized spacial score (nSPS) is 20.3. The number of amides is 2. The number of para-hydroxylation sites is 1. The molecule has 2 aromatic rings. The van der Waals surface area contributed by atoms with Crippen LogP contribution < -0.4 is 11.1 Å². The standard InChI is InChI=1S/C19H19N5O4S3/c1-9-22-23-19(31-9)30-8-11-7-29-17-14(16(26)24(17)15(11)18(27)28)21-13(25)6-10-4-2-3-5-12(10)20/h2-5,14,17H,6-8,20H2,1H3,(H,21,25)(H,27,28)/t14?,17-/m1/s1. The highest BCUT2D eigenvalue weighted by atomic mass is 32.2. The van der Waals surface area contributed by atoms with E-state index in [1.54, 1.807) is 24.3 Å². The Balaban J connectivity index is 1.43. The summed E-state index contributed by atoms with van der Waals surface area (Å²) >= 11 is 4.28. The van der Waals surface area contributed by atoms with Crippen LogP contribution in [0.15, 0.2) is 39.9 Å². The van der Waals surface area contributed by atoms with Gasteiger partial charge in [-0.15, -0.1) is 22.0 Å². The molecule has 2 aliphatic rings. The Morgan fingerprint density at radius 3 is 2.81 bits per heavy atom. The summed E-state index contributed by atoms with van der Waals surface area (Å²) < 4.78 is 0.752. The van der Waals surface area contributed by atoms with Crippen LogP contribution in [0.2, 0.25) is 0 Å². The molecule has 12 heteroatoms. The Labute approximate surface area is 190 Å². The third-order valence-corrected chi connectivity index (χ3v) is 8.25. The molecule has 9 nitrogen and oxygen atoms in total. The van der Waals surface area contributed by atoms with Gasteiger partial charge in [-0.3, -0.25) is 14.5 Å². The number of nitrogen functional groups attached to an aromatic ring is 1. The second-order valence-electron chi connectivity index (χ2n) is 6.96. The zero-order chi connectivity index (χ0) is 22.1. The van der Waals surface area contributed by atoms with Gasteiger partial charge in [0.05, 0.1) is 6.42 Å². The van der Waals surface area contributed by atoms with E-state index in [1.165, 1.54) is 39.8 Å². The fraction of sp³-hybridized carbons (Fsp3) is 0.316. The van der Waals surface area contributed by atoms with Crippen LogP contribution in [0.5, 0.6) is 0 Å². The maximum Gasteiger partial charge on any atom is 0.352 e. The predicted octanol–water partition coefficient (Wildman–Crippen LogP) is 1.50. The van der Waals surface area contributed by atoms with Crippen molar-refractivity contribution in [2.45, 2.75) is 29.1 Å². The summed E-state index contributed by atoms with van der Waals surface area (Å²) in [6.07, 6.45) is 0.0542. The van der Waals surface area contributed by atoms with E-state index in [0.717, 1.165) is 9.35 Å². The molecule has 3 heterocycles. The minimum Gasteiger partial charge on any atom is -0.477 e. The molecule has 0 spiro atoms. The summed E-state index contributed by atoms with van der Waals surface area (Å²) in [7, 11) is 0. The Morgan fingerprint density at radius 2 is 2.13 bits per heavy atom. The van der Waals surface area contributed by atoms with Gasteiger partial charge in [-0.2, -0.15) is 0 Å². The van der Waals surface area contributed by atoms with Crippen molar-refractivity contribution in [1.29, 1.82) is 0 Å². The number of carboxylic acid groups (broad SMARTS) is 1. The molecule has 1 saturated heterocycles. The van der Waals surface area contributed by atoms with Gasteiger partial charge in [-0.25, -0.2) is 4.79 Å². The second-order valence-corrected chi connectivity index (χ2v) is 10.5. The molecule has 0 radical (unpaired) electrons. The van der Waals surface area contributed by atoms with Gasteiger partial charge in [-0.05, 0) is 24.1 Å². The molecule has 31 heavy (non-hydrogen) atoms. The van der Waals surface area contributed by atoms with Crippen LogP contribution in [-0.2, 0) is 20.8 Å². The highest BCUT2D eigenvalue weighted by Gasteiger charge is 2.54. The van der Waals surface area contributed by atoms with Crippen molar-refractivity contribution in [2.24, 2.45) is 0 Å². The number of aryl methyl sites for hydroxylation is 1. The molecule has 1 aromatic carbocycles. The third kappa shape index (κ3) is 4.41. The Bertz CT molecular complexity index is 1090. The predicted molar refractivity (Wildman–Crippen MR) is 120 cm³/mol. The molecule has 1 fully saturated rings. The number of carbonyl (C=O) groups excluding carboxylic acids is 2. The Kier molecular flexibility index (Phi) is 6.21. The summed E-state index contributed by atoms with van der Waals surface area (Å²) in [5.41, 5.74) is 7.72. The molecule has 4 rings (SSSR count). The van der Waals surface area contributed by atoms with Gasteiger partial charge in [0.2, 0.25) is 5.91 Å². The molecule has 0 aliphatic carbocycles. The van der Waals surface area contributed by atoms with Crippen LogP contribution >= 0.6 is 34.9 Å². The summed E-state index contributed by atoms with van der Waals surface area (Å²) in [6.45, 7) is 1.85. The lowest BCUT2D eigenvalue weighted by Gasteiger charge is -2.49. The van der Waals surface area contributed by atoms with E-state index >= 15 is 0 Å². The molecule has 1 unspecified atom stereocenters. The van der Waals surface area contributed by atoms with Gasteiger partial charge in [0.25, 0.3) is 5.91 Å². The van der Waals surface area contributed by atoms with E-state index in [9.17, 15) is 19.5 Å². The number of thioether (sulfide) groups is 2. The van der Waals surface area contributed by atoms with Crippen LogP contribution in [-0.4, -0.2) is 60.9 Å². The molecular formula is C19H19N5O4S3. The molecule has 0 bridgehead atoms. The van der Waals surface area contributed by atoms with E-state index < -0.39 is 23.3 Å². The van der Waals surface area contributed by atoms with Crippen LogP contribution in [0.25, 0.3) is 0 Å². The lowest BCUT2D eigenvalue weighted by Crippen LogP contribution is -2.70. The van der Waals surface area contributed by atoms with E-state index in [1.807, 2.05) is 6.92 Å². The molecule has 0 saturated carbocycles. The second kappa shape index (κ2) is 8.89. The maximum absolute atomic E-state index is 12.7. The number of carboxylic acids is 1. The average molecular weight is 478 g/mol. The topological polar surface area (TPSA) is 139 Å². The van der Waals surface area contributed by atoms with Crippen molar-refractivity contribution in [3.63, 3.8) is 0 Å². The summed E-state index contributed by atoms with van der Waals surface area (Å²) in [4.78, 5) is 38.4. The number of rotatable bonds is 7. The van der Waals surface area contributed by atoms with E-state index in [0.29, 0.717) is 28.3 Å². The number of anilines is 1. The van der Waals surface area contributed by atoms with Gasteiger partial charge in [0.15, 0.2) is 4.34 Å². The lowest BCUT2D eigenvalue weighted by atomic mass is 10.0. The number of β-lactam (4-membered cyclic amide) rings is 1. The van der Waals surface area contributed by atoms with E-state index in [2.05, 4.69) is 15.5 Å². The number of hydrogen-bond donors (Lipinski definition) is 3. The SMILES string of the molecule is Cc1nnc(SCC2=C(C(=O)O)N3C(=O)C(NC(=O)Cc4ccccc4N)[C@H]3SC2)s1. The average Bonchev–Trinajstić information content (AvgIpc) is 3.16. The fourth-order valence-corrected chi connectivity index (χ4v) is 6.67. The lowest BCUT2D eigenvalue weighted by molar-refractivity contribution is -0.150. The molecule has 4 N–H and O–H groups in total. The number of nitrogens with two attached hydrogens (primary N) is 1. The van der Waals surface area contributed by atoms with Crippen LogP contribution in [0, 0.1) is 6.92 Å². The smallest absolute Gasteiger partial charge is 0.352 e. The number of fused-ring (bicyclic) bond motifs is 1. The van der Waals surface area contributed by atoms with Crippen molar-refractivity contribution in [3.05, 3.63) is 46.1 Å². The minimum absolute atomic E-state index is 0.000269. The molecule has 2 atom stereocenters. The molecule has 2 amide bonds. The first-order valence-corrected chi connectivity index (χ1v) is 12.2. The van der Waals surface area contributed by atoms with Crippen LogP contribution in [0.4, 0.5) is 5.69 Å². The maximum atomic E-state index is 12.7. The first-order valence-electron chi connectivity index (χ1n) is 9.30. The Hall–Kier alpha value is -2.57. The molecule has 1 aromatic heterocycles. The molecule has 162 valence electrons. The van der Waals surface area contributed by atoms with Crippen molar-refractivity contribution in [1.82, 2.24) is 20.4 Å². The number of nitrogens with one attached hydrogen (secondary N) is 1. The zero-order valence-corrected chi connectivity index (χ0v) is 18.9. The number of benzene rings is 1. The highest BCUT2D eigenvalue weighted by molar-refractivity contribution is 8.01. The first kappa shape index (κ1) is 21.7.